The van der Waals surface area contributed by atoms with Crippen LogP contribution in [0.15, 0.2) is 17.0 Å². The van der Waals surface area contributed by atoms with Gasteiger partial charge in [0.2, 0.25) is 0 Å². The summed E-state index contributed by atoms with van der Waals surface area (Å²) in [4.78, 5) is 8.14. The number of anilines is 1. The SMILES string of the molecule is CC(CC(C)(C)C)Nc1cc(Br)ncn1. The predicted octanol–water partition coefficient (Wildman–Crippen LogP) is 3.48. The molecule has 0 saturated carbocycles. The molecule has 15 heavy (non-hydrogen) atoms. The summed E-state index contributed by atoms with van der Waals surface area (Å²) in [5.74, 6) is 0.869. The van der Waals surface area contributed by atoms with E-state index >= 15 is 0 Å². The average molecular weight is 272 g/mol. The Morgan fingerprint density at radius 1 is 1.40 bits per heavy atom. The molecule has 4 heteroatoms. The summed E-state index contributed by atoms with van der Waals surface area (Å²) < 4.78 is 0.808. The Morgan fingerprint density at radius 3 is 2.60 bits per heavy atom. The second-order valence-corrected chi connectivity index (χ2v) is 5.85. The van der Waals surface area contributed by atoms with Gasteiger partial charge in [0.25, 0.3) is 0 Å². The molecule has 1 aromatic heterocycles. The lowest BCUT2D eigenvalue weighted by Gasteiger charge is -2.24. The van der Waals surface area contributed by atoms with Crippen molar-refractivity contribution in [3.63, 3.8) is 0 Å². The van der Waals surface area contributed by atoms with E-state index in [9.17, 15) is 0 Å². The van der Waals surface area contributed by atoms with Gasteiger partial charge in [0, 0.05) is 12.1 Å². The first-order valence-corrected chi connectivity index (χ1v) is 5.90. The maximum atomic E-state index is 4.16. The molecular formula is C11H18BrN3. The van der Waals surface area contributed by atoms with Gasteiger partial charge in [-0.2, -0.15) is 0 Å². The van der Waals surface area contributed by atoms with Crippen LogP contribution in [0.3, 0.4) is 0 Å². The third-order valence-electron chi connectivity index (χ3n) is 1.95. The molecule has 0 aromatic carbocycles. The molecule has 1 unspecified atom stereocenters. The van der Waals surface area contributed by atoms with E-state index in [1.54, 1.807) is 6.33 Å². The van der Waals surface area contributed by atoms with Gasteiger partial charge >= 0.3 is 0 Å². The molecular weight excluding hydrogens is 254 g/mol. The number of aromatic nitrogens is 2. The van der Waals surface area contributed by atoms with Crippen molar-refractivity contribution in [3.8, 4) is 0 Å². The summed E-state index contributed by atoms with van der Waals surface area (Å²) in [6, 6.07) is 2.30. The standard InChI is InChI=1S/C11H18BrN3/c1-8(6-11(2,3)4)15-10-5-9(12)13-7-14-10/h5,7-8H,6H2,1-4H3,(H,13,14,15). The van der Waals surface area contributed by atoms with E-state index < -0.39 is 0 Å². The van der Waals surface area contributed by atoms with Crippen LogP contribution >= 0.6 is 15.9 Å². The summed E-state index contributed by atoms with van der Waals surface area (Å²) in [5.41, 5.74) is 0.330. The van der Waals surface area contributed by atoms with E-state index in [1.807, 2.05) is 6.07 Å². The molecule has 1 aromatic rings. The second kappa shape index (κ2) is 4.92. The monoisotopic (exact) mass is 271 g/mol. The van der Waals surface area contributed by atoms with E-state index in [2.05, 4.69) is 58.9 Å². The molecule has 0 aliphatic rings. The van der Waals surface area contributed by atoms with Gasteiger partial charge in [-0.25, -0.2) is 9.97 Å². The number of hydrogen-bond acceptors (Lipinski definition) is 3. The van der Waals surface area contributed by atoms with Gasteiger partial charge in [-0.1, -0.05) is 20.8 Å². The lowest BCUT2D eigenvalue weighted by Crippen LogP contribution is -2.22. The second-order valence-electron chi connectivity index (χ2n) is 5.04. The Kier molecular flexibility index (Phi) is 4.08. The zero-order valence-corrected chi connectivity index (χ0v) is 11.3. The molecule has 3 nitrogen and oxygen atoms in total. The zero-order chi connectivity index (χ0) is 11.5. The molecule has 1 atom stereocenters. The highest BCUT2D eigenvalue weighted by Gasteiger charge is 2.15. The minimum Gasteiger partial charge on any atom is -0.367 e. The van der Waals surface area contributed by atoms with Crippen LogP contribution in [0.4, 0.5) is 5.82 Å². The third kappa shape index (κ3) is 5.11. The van der Waals surface area contributed by atoms with E-state index in [1.165, 1.54) is 0 Å². The molecule has 0 saturated heterocycles. The predicted molar refractivity (Wildman–Crippen MR) is 66.9 cm³/mol. The van der Waals surface area contributed by atoms with Gasteiger partial charge in [-0.05, 0) is 34.7 Å². The van der Waals surface area contributed by atoms with Gasteiger partial charge in [0.1, 0.15) is 16.7 Å². The molecule has 84 valence electrons. The molecule has 0 fully saturated rings. The van der Waals surface area contributed by atoms with Crippen LogP contribution in [0.2, 0.25) is 0 Å². The molecule has 0 aliphatic carbocycles. The summed E-state index contributed by atoms with van der Waals surface area (Å²) in [5, 5.41) is 3.36. The van der Waals surface area contributed by atoms with Crippen LogP contribution in [0.5, 0.6) is 0 Å². The Bertz CT molecular complexity index is 320. The fraction of sp³-hybridized carbons (Fsp3) is 0.636. The average Bonchev–Trinajstić information content (AvgIpc) is 1.99. The molecule has 0 radical (unpaired) electrons. The van der Waals surface area contributed by atoms with Crippen molar-refractivity contribution in [1.82, 2.24) is 9.97 Å². The minimum absolute atomic E-state index is 0.330. The highest BCUT2D eigenvalue weighted by molar-refractivity contribution is 9.10. The first kappa shape index (κ1) is 12.4. The van der Waals surface area contributed by atoms with Gasteiger partial charge in [-0.3, -0.25) is 0 Å². The maximum absolute atomic E-state index is 4.16. The van der Waals surface area contributed by atoms with E-state index in [4.69, 9.17) is 0 Å². The number of rotatable bonds is 3. The van der Waals surface area contributed by atoms with Crippen LogP contribution in [-0.2, 0) is 0 Å². The van der Waals surface area contributed by atoms with Crippen LogP contribution in [0, 0.1) is 5.41 Å². The number of nitrogens with zero attached hydrogens (tertiary/aromatic N) is 2. The molecule has 1 heterocycles. The molecule has 0 aliphatic heterocycles. The van der Waals surface area contributed by atoms with Crippen molar-refractivity contribution < 1.29 is 0 Å². The quantitative estimate of drug-likeness (QED) is 0.856. The van der Waals surface area contributed by atoms with Crippen LogP contribution < -0.4 is 5.32 Å². The minimum atomic E-state index is 0.330. The number of halogens is 1. The highest BCUT2D eigenvalue weighted by atomic mass is 79.9. The Morgan fingerprint density at radius 2 is 2.07 bits per heavy atom. The third-order valence-corrected chi connectivity index (χ3v) is 2.38. The summed E-state index contributed by atoms with van der Waals surface area (Å²) in [7, 11) is 0. The van der Waals surface area contributed by atoms with Crippen molar-refractivity contribution in [2.75, 3.05) is 5.32 Å². The van der Waals surface area contributed by atoms with Gasteiger partial charge in [0.15, 0.2) is 0 Å². The smallest absolute Gasteiger partial charge is 0.130 e. The normalized spacial score (nSPS) is 13.7. The topological polar surface area (TPSA) is 37.8 Å². The first-order valence-electron chi connectivity index (χ1n) is 5.11. The Labute approximate surface area is 99.8 Å². The van der Waals surface area contributed by atoms with Crippen LogP contribution in [0.25, 0.3) is 0 Å². The number of hydrogen-bond donors (Lipinski definition) is 1. The first-order chi connectivity index (χ1) is 6.87. The largest absolute Gasteiger partial charge is 0.367 e. The van der Waals surface area contributed by atoms with Gasteiger partial charge in [0.05, 0.1) is 0 Å². The highest BCUT2D eigenvalue weighted by Crippen LogP contribution is 2.22. The fourth-order valence-corrected chi connectivity index (χ4v) is 1.94. The lowest BCUT2D eigenvalue weighted by molar-refractivity contribution is 0.357. The molecule has 0 spiro atoms. The van der Waals surface area contributed by atoms with E-state index in [0.29, 0.717) is 11.5 Å². The van der Waals surface area contributed by atoms with Crippen molar-refractivity contribution in [2.45, 2.75) is 40.2 Å². The molecule has 1 rings (SSSR count). The van der Waals surface area contributed by atoms with E-state index in [0.717, 1.165) is 16.8 Å². The van der Waals surface area contributed by atoms with Crippen molar-refractivity contribution >= 4 is 21.7 Å². The maximum Gasteiger partial charge on any atom is 0.130 e. The fourth-order valence-electron chi connectivity index (χ4n) is 1.63. The van der Waals surface area contributed by atoms with Crippen molar-refractivity contribution in [3.05, 3.63) is 17.0 Å². The Hall–Kier alpha value is -0.640. The van der Waals surface area contributed by atoms with Crippen molar-refractivity contribution in [1.29, 1.82) is 0 Å². The van der Waals surface area contributed by atoms with Crippen LogP contribution in [-0.4, -0.2) is 16.0 Å². The molecule has 0 amide bonds. The summed E-state index contributed by atoms with van der Waals surface area (Å²) in [6.07, 6.45) is 2.66. The van der Waals surface area contributed by atoms with Gasteiger partial charge in [-0.15, -0.1) is 0 Å². The zero-order valence-electron chi connectivity index (χ0n) is 9.71. The molecule has 1 N–H and O–H groups in total. The molecule has 0 bridgehead atoms. The van der Waals surface area contributed by atoms with Gasteiger partial charge < -0.3 is 5.32 Å². The van der Waals surface area contributed by atoms with Crippen molar-refractivity contribution in [2.24, 2.45) is 5.41 Å². The number of nitrogens with one attached hydrogen (secondary N) is 1. The Balaban J connectivity index is 2.55. The van der Waals surface area contributed by atoms with Crippen LogP contribution in [0.1, 0.15) is 34.1 Å². The summed E-state index contributed by atoms with van der Waals surface area (Å²) >= 11 is 3.32. The lowest BCUT2D eigenvalue weighted by atomic mass is 9.89. The van der Waals surface area contributed by atoms with E-state index in [-0.39, 0.29) is 0 Å². The summed E-state index contributed by atoms with van der Waals surface area (Å²) in [6.45, 7) is 8.88.